The van der Waals surface area contributed by atoms with Gasteiger partial charge in [-0.25, -0.2) is 9.59 Å². The van der Waals surface area contributed by atoms with Gasteiger partial charge in [-0.2, -0.15) is 0 Å². The van der Waals surface area contributed by atoms with Crippen molar-refractivity contribution in [2.75, 3.05) is 27.4 Å². The number of aliphatic hydroxyl groups excluding tert-OH is 8. The van der Waals surface area contributed by atoms with E-state index in [-0.39, 0.29) is 29.6 Å². The number of methoxy groups -OCH3 is 2. The van der Waals surface area contributed by atoms with Crippen LogP contribution in [0.2, 0.25) is 0 Å². The molecule has 0 aliphatic carbocycles. The largest absolute Gasteiger partial charge is 0.472 e. The first-order chi connectivity index (χ1) is 25.3. The molecule has 0 aromatic carbocycles. The van der Waals surface area contributed by atoms with Gasteiger partial charge in [0.15, 0.2) is 12.6 Å². The van der Waals surface area contributed by atoms with E-state index in [1.807, 2.05) is 0 Å². The van der Waals surface area contributed by atoms with Gasteiger partial charge in [-0.05, 0) is 18.4 Å². The Kier molecular flexibility index (Phi) is 15.1. The molecule has 16 unspecified atom stereocenters. The smallest absolute Gasteiger partial charge is 0.337 e. The molecule has 2 saturated heterocycles. The Balaban J connectivity index is 1.66. The summed E-state index contributed by atoms with van der Waals surface area (Å²) < 4.78 is 44.0. The predicted molar refractivity (Wildman–Crippen MR) is 173 cm³/mol. The molecule has 0 aromatic rings. The third-order valence-electron chi connectivity index (χ3n) is 9.87. The minimum absolute atomic E-state index is 0.000804. The van der Waals surface area contributed by atoms with Gasteiger partial charge in [0.05, 0.1) is 51.1 Å². The fourth-order valence-corrected chi connectivity index (χ4v) is 6.83. The molecule has 19 heteroatoms. The van der Waals surface area contributed by atoms with E-state index in [0.717, 1.165) is 26.7 Å². The van der Waals surface area contributed by atoms with Crippen LogP contribution in [0.5, 0.6) is 0 Å². The minimum Gasteiger partial charge on any atom is -0.472 e. The maximum absolute atomic E-state index is 13.0. The van der Waals surface area contributed by atoms with Gasteiger partial charge in [0.1, 0.15) is 55.1 Å². The number of carbonyl (C=O) groups excluding carboxylic acids is 3. The van der Waals surface area contributed by atoms with Gasteiger partial charge < -0.3 is 78.7 Å². The van der Waals surface area contributed by atoms with Crippen molar-refractivity contribution >= 4 is 18.2 Å². The Morgan fingerprint density at radius 1 is 0.755 bits per heavy atom. The summed E-state index contributed by atoms with van der Waals surface area (Å²) >= 11 is 0. The lowest BCUT2D eigenvalue weighted by Crippen LogP contribution is -2.60. The maximum Gasteiger partial charge on any atom is 0.337 e. The van der Waals surface area contributed by atoms with E-state index < -0.39 is 123 Å². The molecule has 8 N–H and O–H groups in total. The zero-order valence-electron chi connectivity index (χ0n) is 29.2. The van der Waals surface area contributed by atoms with Crippen LogP contribution in [0.1, 0.15) is 19.8 Å². The Hall–Kier alpha value is -3.31. The summed E-state index contributed by atoms with van der Waals surface area (Å²) in [7, 11) is 2.27. The molecule has 53 heavy (non-hydrogen) atoms. The van der Waals surface area contributed by atoms with Crippen molar-refractivity contribution in [3.8, 4) is 0 Å². The molecule has 0 spiro atoms. The summed E-state index contributed by atoms with van der Waals surface area (Å²) in [6.45, 7) is 4.11. The standard InChI is InChI=1S/C34H48O19/c1-5-15-17(18(29(44)46-3)12-48-31(15)52-33-27(42)25(40)23(38)20(10-36)50-33)8-7-14(9-35)22-16(6-2)32(49-13-19(22)30(45)47-4)53-34-28(43)26(41)24(39)21(11-37)51-34/h5,7,9,12-13,15-17,20-28,31-34,36-43H,1,6,8,10-11H2,2-4H3. The van der Waals surface area contributed by atoms with Crippen molar-refractivity contribution in [1.82, 2.24) is 0 Å². The number of hydrogen-bond donors (Lipinski definition) is 8. The number of rotatable bonds is 14. The highest BCUT2D eigenvalue weighted by atomic mass is 16.8. The Morgan fingerprint density at radius 2 is 1.25 bits per heavy atom. The Bertz CT molecular complexity index is 1380. The fourth-order valence-electron chi connectivity index (χ4n) is 6.83. The van der Waals surface area contributed by atoms with E-state index in [9.17, 15) is 55.2 Å². The van der Waals surface area contributed by atoms with Gasteiger partial charge in [0.2, 0.25) is 12.6 Å². The summed E-state index contributed by atoms with van der Waals surface area (Å²) in [5.74, 6) is -5.35. The number of allylic oxidation sites excluding steroid dienone is 2. The minimum atomic E-state index is -1.77. The summed E-state index contributed by atoms with van der Waals surface area (Å²) in [5, 5.41) is 81.2. The molecule has 19 nitrogen and oxygen atoms in total. The van der Waals surface area contributed by atoms with E-state index in [0.29, 0.717) is 6.29 Å². The highest BCUT2D eigenvalue weighted by Gasteiger charge is 2.50. The molecule has 0 amide bonds. The zero-order chi connectivity index (χ0) is 39.1. The summed E-state index contributed by atoms with van der Waals surface area (Å²) in [6.07, 6.45) is -13.2. The van der Waals surface area contributed by atoms with Crippen LogP contribution < -0.4 is 0 Å². The second kappa shape index (κ2) is 18.8. The first-order valence-corrected chi connectivity index (χ1v) is 16.9. The summed E-state index contributed by atoms with van der Waals surface area (Å²) in [5.41, 5.74) is -0.0607. The van der Waals surface area contributed by atoms with Crippen molar-refractivity contribution < 1.29 is 93.1 Å². The topological polar surface area (TPSA) is 287 Å². The van der Waals surface area contributed by atoms with Gasteiger partial charge in [0, 0.05) is 23.7 Å². The van der Waals surface area contributed by atoms with Gasteiger partial charge in [-0.1, -0.05) is 19.1 Å². The number of hydrogen-bond acceptors (Lipinski definition) is 19. The Morgan fingerprint density at radius 3 is 1.72 bits per heavy atom. The lowest BCUT2D eigenvalue weighted by atomic mass is 9.75. The lowest BCUT2D eigenvalue weighted by Gasteiger charge is -2.43. The van der Waals surface area contributed by atoms with Crippen molar-refractivity contribution in [2.45, 2.75) is 93.8 Å². The molecule has 0 saturated carbocycles. The Labute approximate surface area is 304 Å². The molecule has 4 rings (SSSR count). The van der Waals surface area contributed by atoms with Crippen LogP contribution in [-0.4, -0.2) is 161 Å². The van der Waals surface area contributed by atoms with Crippen LogP contribution in [0.3, 0.4) is 0 Å². The molecule has 0 radical (unpaired) electrons. The second-order valence-corrected chi connectivity index (χ2v) is 12.8. The SMILES string of the molecule is C=CC1C(OC2OC(CO)C(O)C(O)C2O)OC=C(C(=O)OC)C1CC=C(C=O)C1C(C(=O)OC)=COC(OC2OC(CO)C(O)C(O)C2O)C1CC. The number of ether oxygens (including phenoxy) is 8. The normalized spacial score (nSPS) is 40.5. The molecule has 2 fully saturated rings. The quantitative estimate of drug-likeness (QED) is 0.0379. The van der Waals surface area contributed by atoms with Crippen molar-refractivity contribution in [1.29, 1.82) is 0 Å². The number of carbonyl (C=O) groups is 3. The molecule has 0 aromatic heterocycles. The van der Waals surface area contributed by atoms with Crippen LogP contribution >= 0.6 is 0 Å². The maximum atomic E-state index is 13.0. The van der Waals surface area contributed by atoms with E-state index in [4.69, 9.17) is 37.9 Å². The van der Waals surface area contributed by atoms with Crippen molar-refractivity contribution in [3.63, 3.8) is 0 Å². The van der Waals surface area contributed by atoms with Crippen LogP contribution in [0.4, 0.5) is 0 Å². The van der Waals surface area contributed by atoms with Crippen molar-refractivity contribution in [3.05, 3.63) is 48.0 Å². The molecule has 16 atom stereocenters. The van der Waals surface area contributed by atoms with Crippen LogP contribution in [0, 0.1) is 23.7 Å². The van der Waals surface area contributed by atoms with Gasteiger partial charge in [0.25, 0.3) is 0 Å². The molecule has 0 bridgehead atoms. The third-order valence-corrected chi connectivity index (χ3v) is 9.87. The van der Waals surface area contributed by atoms with Gasteiger partial charge >= 0.3 is 11.9 Å². The lowest BCUT2D eigenvalue weighted by molar-refractivity contribution is -0.341. The van der Waals surface area contributed by atoms with Crippen molar-refractivity contribution in [2.24, 2.45) is 23.7 Å². The molecular formula is C34H48O19. The number of aliphatic hydroxyl groups is 8. The predicted octanol–water partition coefficient (Wildman–Crippen LogP) is -2.98. The molecule has 4 aliphatic rings. The monoisotopic (exact) mass is 760 g/mol. The number of esters is 2. The first kappa shape index (κ1) is 42.4. The second-order valence-electron chi connectivity index (χ2n) is 12.8. The fraction of sp³-hybridized carbons (Fsp3) is 0.676. The van der Waals surface area contributed by atoms with E-state index >= 15 is 0 Å². The van der Waals surface area contributed by atoms with Gasteiger partial charge in [-0.15, -0.1) is 6.58 Å². The average molecular weight is 761 g/mol. The molecule has 298 valence electrons. The van der Waals surface area contributed by atoms with Crippen LogP contribution in [0.15, 0.2) is 48.0 Å². The highest BCUT2D eigenvalue weighted by Crippen LogP contribution is 2.42. The van der Waals surface area contributed by atoms with Crippen LogP contribution in [-0.2, 0) is 52.3 Å². The summed E-state index contributed by atoms with van der Waals surface area (Å²) in [6, 6.07) is 0. The molecular weight excluding hydrogens is 712 g/mol. The molecule has 4 aliphatic heterocycles. The third kappa shape index (κ3) is 8.82. The van der Waals surface area contributed by atoms with E-state index in [1.165, 1.54) is 12.2 Å². The number of aldehydes is 1. The highest BCUT2D eigenvalue weighted by molar-refractivity contribution is 5.92. The van der Waals surface area contributed by atoms with Crippen LogP contribution in [0.25, 0.3) is 0 Å². The molecule has 4 heterocycles. The average Bonchev–Trinajstić information content (AvgIpc) is 3.17. The first-order valence-electron chi connectivity index (χ1n) is 16.9. The van der Waals surface area contributed by atoms with E-state index in [1.54, 1.807) is 6.92 Å². The summed E-state index contributed by atoms with van der Waals surface area (Å²) in [4.78, 5) is 38.8. The van der Waals surface area contributed by atoms with E-state index in [2.05, 4.69) is 6.58 Å². The zero-order valence-corrected chi connectivity index (χ0v) is 29.2. The van der Waals surface area contributed by atoms with Gasteiger partial charge in [-0.3, -0.25) is 4.79 Å².